The molecule has 0 aliphatic heterocycles. The molecule has 0 radical (unpaired) electrons. The van der Waals surface area contributed by atoms with Crippen molar-refractivity contribution in [1.29, 1.82) is 0 Å². The van der Waals surface area contributed by atoms with Crippen molar-refractivity contribution < 1.29 is 0 Å². The first-order chi connectivity index (χ1) is 10.1. The maximum atomic E-state index is 4.68. The number of fused-ring (bicyclic) bond motifs is 1. The molecule has 1 aromatic carbocycles. The average molecular weight is 283 g/mol. The third-order valence-corrected chi connectivity index (χ3v) is 4.19. The third kappa shape index (κ3) is 2.97. The standard InChI is InChI=1S/C18H25N3/c1-13(2)11-19-18-20-14(3)12-21(18)17-10-6-8-15-7-4-5-9-16(15)17/h4-5,7,9,12-13,17H,6,8,10-11H2,1-3H3,(H,19,20). The summed E-state index contributed by atoms with van der Waals surface area (Å²) in [7, 11) is 0. The Labute approximate surface area is 127 Å². The summed E-state index contributed by atoms with van der Waals surface area (Å²) in [6, 6.07) is 9.28. The molecule has 21 heavy (non-hydrogen) atoms. The molecule has 112 valence electrons. The van der Waals surface area contributed by atoms with Crippen molar-refractivity contribution in [1.82, 2.24) is 9.55 Å². The molecule has 3 heteroatoms. The van der Waals surface area contributed by atoms with Gasteiger partial charge in [-0.1, -0.05) is 38.1 Å². The first kappa shape index (κ1) is 14.2. The Hall–Kier alpha value is -1.77. The van der Waals surface area contributed by atoms with E-state index in [4.69, 9.17) is 0 Å². The van der Waals surface area contributed by atoms with Gasteiger partial charge in [-0.05, 0) is 43.2 Å². The molecule has 0 bridgehead atoms. The first-order valence-corrected chi connectivity index (χ1v) is 8.02. The normalized spacial score (nSPS) is 17.8. The number of hydrogen-bond donors (Lipinski definition) is 1. The molecular weight excluding hydrogens is 258 g/mol. The first-order valence-electron chi connectivity index (χ1n) is 8.02. The molecule has 3 rings (SSSR count). The van der Waals surface area contributed by atoms with Gasteiger partial charge in [0.15, 0.2) is 0 Å². The monoisotopic (exact) mass is 283 g/mol. The maximum Gasteiger partial charge on any atom is 0.203 e. The lowest BCUT2D eigenvalue weighted by Gasteiger charge is -2.28. The van der Waals surface area contributed by atoms with E-state index in [2.05, 4.69) is 66.1 Å². The Morgan fingerprint density at radius 1 is 1.33 bits per heavy atom. The molecule has 1 unspecified atom stereocenters. The van der Waals surface area contributed by atoms with Crippen molar-refractivity contribution in [2.45, 2.75) is 46.1 Å². The van der Waals surface area contributed by atoms with E-state index >= 15 is 0 Å². The van der Waals surface area contributed by atoms with Crippen molar-refractivity contribution >= 4 is 5.95 Å². The van der Waals surface area contributed by atoms with Gasteiger partial charge in [-0.25, -0.2) is 4.98 Å². The Bertz CT molecular complexity index is 613. The number of nitrogens with one attached hydrogen (secondary N) is 1. The minimum Gasteiger partial charge on any atom is -0.355 e. The van der Waals surface area contributed by atoms with Crippen LogP contribution in [0, 0.1) is 12.8 Å². The number of anilines is 1. The van der Waals surface area contributed by atoms with Crippen molar-refractivity contribution in [2.75, 3.05) is 11.9 Å². The molecule has 1 aliphatic carbocycles. The number of rotatable bonds is 4. The molecule has 0 saturated heterocycles. The summed E-state index contributed by atoms with van der Waals surface area (Å²) in [5.41, 5.74) is 4.05. The van der Waals surface area contributed by atoms with E-state index in [1.807, 2.05) is 0 Å². The Balaban J connectivity index is 1.94. The summed E-state index contributed by atoms with van der Waals surface area (Å²) in [4.78, 5) is 4.68. The van der Waals surface area contributed by atoms with Gasteiger partial charge in [-0.3, -0.25) is 0 Å². The van der Waals surface area contributed by atoms with E-state index < -0.39 is 0 Å². The van der Waals surface area contributed by atoms with E-state index in [9.17, 15) is 0 Å². The predicted molar refractivity (Wildman–Crippen MR) is 87.8 cm³/mol. The highest BCUT2D eigenvalue weighted by Gasteiger charge is 2.23. The second kappa shape index (κ2) is 5.92. The maximum absolute atomic E-state index is 4.68. The highest BCUT2D eigenvalue weighted by Crippen LogP contribution is 2.34. The molecule has 0 saturated carbocycles. The van der Waals surface area contributed by atoms with E-state index in [0.717, 1.165) is 18.2 Å². The Morgan fingerprint density at radius 2 is 2.14 bits per heavy atom. The predicted octanol–water partition coefficient (Wildman–Crippen LogP) is 4.19. The van der Waals surface area contributed by atoms with E-state index in [-0.39, 0.29) is 0 Å². The SMILES string of the molecule is Cc1cn(C2CCCc3ccccc32)c(NCC(C)C)n1. The van der Waals surface area contributed by atoms with Gasteiger partial charge < -0.3 is 9.88 Å². The van der Waals surface area contributed by atoms with Crippen LogP contribution < -0.4 is 5.32 Å². The van der Waals surface area contributed by atoms with Crippen LogP contribution in [-0.2, 0) is 6.42 Å². The fourth-order valence-corrected chi connectivity index (χ4v) is 3.20. The summed E-state index contributed by atoms with van der Waals surface area (Å²) < 4.78 is 2.34. The second-order valence-corrected chi connectivity index (χ2v) is 6.49. The third-order valence-electron chi connectivity index (χ3n) is 4.19. The van der Waals surface area contributed by atoms with Crippen LogP contribution >= 0.6 is 0 Å². The molecule has 1 atom stereocenters. The van der Waals surface area contributed by atoms with Gasteiger partial charge in [0.1, 0.15) is 0 Å². The summed E-state index contributed by atoms with van der Waals surface area (Å²) >= 11 is 0. The molecule has 1 N–H and O–H groups in total. The zero-order valence-electron chi connectivity index (χ0n) is 13.3. The molecule has 0 fully saturated rings. The van der Waals surface area contributed by atoms with E-state index in [0.29, 0.717) is 12.0 Å². The Morgan fingerprint density at radius 3 is 2.95 bits per heavy atom. The largest absolute Gasteiger partial charge is 0.355 e. The van der Waals surface area contributed by atoms with Crippen LogP contribution in [0.3, 0.4) is 0 Å². The molecule has 0 amide bonds. The molecule has 2 aromatic rings. The van der Waals surface area contributed by atoms with E-state index in [1.165, 1.54) is 30.4 Å². The van der Waals surface area contributed by atoms with Crippen molar-refractivity contribution in [2.24, 2.45) is 5.92 Å². The van der Waals surface area contributed by atoms with Crippen LogP contribution in [0.1, 0.15) is 49.6 Å². The van der Waals surface area contributed by atoms with Crippen molar-refractivity contribution in [3.63, 3.8) is 0 Å². The summed E-state index contributed by atoms with van der Waals surface area (Å²) in [5, 5.41) is 3.51. The molecule has 1 aromatic heterocycles. The lowest BCUT2D eigenvalue weighted by molar-refractivity contribution is 0.491. The highest BCUT2D eigenvalue weighted by molar-refractivity contribution is 5.37. The smallest absolute Gasteiger partial charge is 0.203 e. The van der Waals surface area contributed by atoms with Crippen LogP contribution in [0.5, 0.6) is 0 Å². The second-order valence-electron chi connectivity index (χ2n) is 6.49. The molecule has 0 spiro atoms. The van der Waals surface area contributed by atoms with Crippen LogP contribution in [0.4, 0.5) is 5.95 Å². The van der Waals surface area contributed by atoms with Crippen molar-refractivity contribution in [3.05, 3.63) is 47.3 Å². The minimum atomic E-state index is 0.422. The highest BCUT2D eigenvalue weighted by atomic mass is 15.2. The van der Waals surface area contributed by atoms with Crippen LogP contribution in [0.15, 0.2) is 30.5 Å². The number of aryl methyl sites for hydroxylation is 2. The average Bonchev–Trinajstić information content (AvgIpc) is 2.85. The quantitative estimate of drug-likeness (QED) is 0.912. The number of benzene rings is 1. The fraction of sp³-hybridized carbons (Fsp3) is 0.500. The zero-order valence-corrected chi connectivity index (χ0v) is 13.3. The Kier molecular flexibility index (Phi) is 4.00. The number of nitrogens with zero attached hydrogens (tertiary/aromatic N) is 2. The lowest BCUT2D eigenvalue weighted by Crippen LogP contribution is -2.20. The van der Waals surface area contributed by atoms with Gasteiger partial charge in [0.05, 0.1) is 11.7 Å². The zero-order chi connectivity index (χ0) is 14.8. The molecule has 1 aliphatic rings. The summed E-state index contributed by atoms with van der Waals surface area (Å²) in [6.45, 7) is 7.49. The van der Waals surface area contributed by atoms with Crippen molar-refractivity contribution in [3.8, 4) is 0 Å². The topological polar surface area (TPSA) is 29.9 Å². The van der Waals surface area contributed by atoms with Gasteiger partial charge in [0.2, 0.25) is 5.95 Å². The van der Waals surface area contributed by atoms with Gasteiger partial charge in [-0.2, -0.15) is 0 Å². The number of imidazole rings is 1. The summed E-state index contributed by atoms with van der Waals surface area (Å²) in [6.07, 6.45) is 5.84. The number of aromatic nitrogens is 2. The molecule has 1 heterocycles. The molecular formula is C18H25N3. The van der Waals surface area contributed by atoms with E-state index in [1.54, 1.807) is 0 Å². The van der Waals surface area contributed by atoms with Gasteiger partial charge >= 0.3 is 0 Å². The van der Waals surface area contributed by atoms with Gasteiger partial charge in [0, 0.05) is 12.7 Å². The van der Waals surface area contributed by atoms with Crippen LogP contribution in [-0.4, -0.2) is 16.1 Å². The lowest BCUT2D eigenvalue weighted by atomic mass is 9.87. The van der Waals surface area contributed by atoms with Gasteiger partial charge in [0.25, 0.3) is 0 Å². The fourth-order valence-electron chi connectivity index (χ4n) is 3.20. The number of hydrogen-bond acceptors (Lipinski definition) is 2. The molecule has 3 nitrogen and oxygen atoms in total. The van der Waals surface area contributed by atoms with Crippen LogP contribution in [0.25, 0.3) is 0 Å². The van der Waals surface area contributed by atoms with Gasteiger partial charge in [-0.15, -0.1) is 0 Å². The summed E-state index contributed by atoms with van der Waals surface area (Å²) in [5.74, 6) is 1.64. The van der Waals surface area contributed by atoms with Crippen LogP contribution in [0.2, 0.25) is 0 Å². The minimum absolute atomic E-state index is 0.422.